The highest BCUT2D eigenvalue weighted by Crippen LogP contribution is 2.53. The molecule has 2 N–H and O–H groups in total. The zero-order valence-electron chi connectivity index (χ0n) is 17.6. The molecule has 3 heterocycles. The van der Waals surface area contributed by atoms with Crippen LogP contribution in [0.3, 0.4) is 0 Å². The van der Waals surface area contributed by atoms with Crippen molar-refractivity contribution < 1.29 is 31.8 Å². The van der Waals surface area contributed by atoms with E-state index < -0.39 is 30.2 Å². The highest BCUT2D eigenvalue weighted by molar-refractivity contribution is 6.10. The minimum Gasteiger partial charge on any atom is -0.484 e. The van der Waals surface area contributed by atoms with E-state index in [9.17, 15) is 22.4 Å². The lowest BCUT2D eigenvalue weighted by Gasteiger charge is -2.34. The molecule has 7 nitrogen and oxygen atoms in total. The Balaban J connectivity index is 1.71. The molecule has 2 aromatic carbocycles. The molecule has 1 atom stereocenters. The van der Waals surface area contributed by atoms with Crippen LogP contribution in [0.25, 0.3) is 11.1 Å². The molecule has 0 saturated heterocycles. The van der Waals surface area contributed by atoms with E-state index in [0.717, 1.165) is 4.90 Å². The molecule has 1 unspecified atom stereocenters. The maximum atomic E-state index is 14.4. The summed E-state index contributed by atoms with van der Waals surface area (Å²) < 4.78 is 63.3. The third kappa shape index (κ3) is 3.31. The maximum absolute atomic E-state index is 14.4. The van der Waals surface area contributed by atoms with Crippen LogP contribution in [0.5, 0.6) is 17.2 Å². The van der Waals surface area contributed by atoms with Crippen molar-refractivity contribution in [1.82, 2.24) is 9.88 Å². The number of halogens is 4. The predicted molar refractivity (Wildman–Crippen MR) is 113 cm³/mol. The standard InChI is InChI=1S/C23H16F4N4O3/c1-31-20(32)23(30-21(31)28)15-9-12(14-3-2-8-29-19(14)24)4-6-17(15)34-18-7-5-13(10-16(18)23)33-11-22(25,26)27/h2-10H,11H2,1H3,(H2,28,30). The molecule has 1 amide bonds. The summed E-state index contributed by atoms with van der Waals surface area (Å²) in [7, 11) is 1.43. The number of fused-ring (bicyclic) bond motifs is 4. The van der Waals surface area contributed by atoms with Gasteiger partial charge in [0.15, 0.2) is 12.6 Å². The van der Waals surface area contributed by atoms with Gasteiger partial charge in [-0.1, -0.05) is 6.07 Å². The lowest BCUT2D eigenvalue weighted by molar-refractivity contribution is -0.153. The van der Waals surface area contributed by atoms with Crippen LogP contribution in [-0.4, -0.2) is 41.6 Å². The molecule has 174 valence electrons. The van der Waals surface area contributed by atoms with Crippen molar-refractivity contribution in [3.63, 3.8) is 0 Å². The molecule has 0 fully saturated rings. The summed E-state index contributed by atoms with van der Waals surface area (Å²) in [5.41, 5.74) is 5.22. The van der Waals surface area contributed by atoms with E-state index >= 15 is 0 Å². The Bertz CT molecular complexity index is 1360. The van der Waals surface area contributed by atoms with Gasteiger partial charge in [0.05, 0.1) is 0 Å². The Kier molecular flexibility index (Phi) is 4.74. The smallest absolute Gasteiger partial charge is 0.422 e. The van der Waals surface area contributed by atoms with Crippen LogP contribution < -0.4 is 15.2 Å². The van der Waals surface area contributed by atoms with E-state index in [1.807, 2.05) is 0 Å². The Morgan fingerprint density at radius 3 is 2.47 bits per heavy atom. The number of benzene rings is 2. The second-order valence-electron chi connectivity index (χ2n) is 7.76. The van der Waals surface area contributed by atoms with Gasteiger partial charge in [-0.05, 0) is 48.0 Å². The summed E-state index contributed by atoms with van der Waals surface area (Å²) in [5.74, 6) is -1.02. The molecule has 0 aliphatic carbocycles. The summed E-state index contributed by atoms with van der Waals surface area (Å²) in [6.45, 7) is -1.51. The van der Waals surface area contributed by atoms with Crippen LogP contribution in [0.2, 0.25) is 0 Å². The molecule has 11 heteroatoms. The fourth-order valence-corrected chi connectivity index (χ4v) is 4.06. The molecule has 0 bridgehead atoms. The summed E-state index contributed by atoms with van der Waals surface area (Å²) >= 11 is 0. The molecular weight excluding hydrogens is 456 g/mol. The van der Waals surface area contributed by atoms with Crippen molar-refractivity contribution in [2.45, 2.75) is 11.7 Å². The number of alkyl halides is 3. The summed E-state index contributed by atoms with van der Waals surface area (Å²) in [6, 6.07) is 11.8. The third-order valence-corrected chi connectivity index (χ3v) is 5.64. The Hall–Kier alpha value is -4.15. The maximum Gasteiger partial charge on any atom is 0.422 e. The quantitative estimate of drug-likeness (QED) is 0.460. The molecule has 3 aromatic rings. The fraction of sp³-hybridized carbons (Fsp3) is 0.174. The second kappa shape index (κ2) is 7.44. The minimum absolute atomic E-state index is 0.0941. The third-order valence-electron chi connectivity index (χ3n) is 5.64. The molecule has 0 radical (unpaired) electrons. The number of pyridine rings is 1. The summed E-state index contributed by atoms with van der Waals surface area (Å²) in [5, 5.41) is 0. The molecule has 34 heavy (non-hydrogen) atoms. The van der Waals surface area contributed by atoms with Crippen LogP contribution in [0, 0.1) is 5.95 Å². The lowest BCUT2D eigenvalue weighted by atomic mass is 9.79. The first-order chi connectivity index (χ1) is 16.1. The van der Waals surface area contributed by atoms with Gasteiger partial charge >= 0.3 is 6.18 Å². The topological polar surface area (TPSA) is 90.0 Å². The molecule has 2 aliphatic heterocycles. The molecular formula is C23H16F4N4O3. The zero-order chi connectivity index (χ0) is 24.3. The highest BCUT2D eigenvalue weighted by atomic mass is 19.4. The van der Waals surface area contributed by atoms with E-state index in [1.165, 1.54) is 43.6 Å². The number of carbonyl (C=O) groups excluding carboxylic acids is 1. The Morgan fingerprint density at radius 2 is 1.82 bits per heavy atom. The SMILES string of the molecule is CN1C(=O)C2(N=C1N)c1cc(OCC(F)(F)F)ccc1Oc1ccc(-c3cccnc3F)cc12. The number of likely N-dealkylation sites (N-methyl/N-ethyl adjacent to an activating group) is 1. The van der Waals surface area contributed by atoms with Crippen LogP contribution in [-0.2, 0) is 10.3 Å². The van der Waals surface area contributed by atoms with Crippen molar-refractivity contribution >= 4 is 11.9 Å². The van der Waals surface area contributed by atoms with E-state index in [2.05, 4.69) is 9.98 Å². The van der Waals surface area contributed by atoms with Gasteiger partial charge in [-0.2, -0.15) is 17.6 Å². The number of nitrogens with zero attached hydrogens (tertiary/aromatic N) is 3. The number of rotatable bonds is 3. The monoisotopic (exact) mass is 472 g/mol. The zero-order valence-corrected chi connectivity index (χ0v) is 17.6. The van der Waals surface area contributed by atoms with E-state index in [4.69, 9.17) is 15.2 Å². The van der Waals surface area contributed by atoms with E-state index in [0.29, 0.717) is 5.56 Å². The number of aliphatic imine (C=N–C) groups is 1. The molecule has 2 aliphatic rings. The van der Waals surface area contributed by atoms with Gasteiger partial charge in [0.2, 0.25) is 11.5 Å². The van der Waals surface area contributed by atoms with Crippen LogP contribution >= 0.6 is 0 Å². The number of nitrogens with two attached hydrogens (primary N) is 1. The number of aromatic nitrogens is 1. The molecule has 5 rings (SSSR count). The highest BCUT2D eigenvalue weighted by Gasteiger charge is 2.54. The van der Waals surface area contributed by atoms with Gasteiger partial charge < -0.3 is 15.2 Å². The second-order valence-corrected chi connectivity index (χ2v) is 7.76. The van der Waals surface area contributed by atoms with Gasteiger partial charge in [-0.3, -0.25) is 9.69 Å². The Morgan fingerprint density at radius 1 is 1.12 bits per heavy atom. The van der Waals surface area contributed by atoms with Gasteiger partial charge in [-0.25, -0.2) is 9.98 Å². The van der Waals surface area contributed by atoms with Crippen molar-refractivity contribution in [1.29, 1.82) is 0 Å². The predicted octanol–water partition coefficient (Wildman–Crippen LogP) is 3.96. The number of guanidine groups is 1. The number of hydrogen-bond acceptors (Lipinski definition) is 6. The van der Waals surface area contributed by atoms with Crippen molar-refractivity contribution in [3.05, 3.63) is 71.8 Å². The lowest BCUT2D eigenvalue weighted by Crippen LogP contribution is -2.42. The largest absolute Gasteiger partial charge is 0.484 e. The average molecular weight is 472 g/mol. The van der Waals surface area contributed by atoms with E-state index in [1.54, 1.807) is 18.2 Å². The van der Waals surface area contributed by atoms with Crippen LogP contribution in [0.1, 0.15) is 11.1 Å². The van der Waals surface area contributed by atoms with Gasteiger partial charge in [0.1, 0.15) is 17.2 Å². The van der Waals surface area contributed by atoms with Crippen LogP contribution in [0.15, 0.2) is 59.7 Å². The summed E-state index contributed by atoms with van der Waals surface area (Å²) in [6.07, 6.45) is -3.24. The minimum atomic E-state index is -4.55. The summed E-state index contributed by atoms with van der Waals surface area (Å²) in [4.78, 5) is 22.8. The van der Waals surface area contributed by atoms with Gasteiger partial charge in [-0.15, -0.1) is 0 Å². The number of ether oxygens (including phenoxy) is 2. The first-order valence-corrected chi connectivity index (χ1v) is 10.0. The molecule has 1 spiro atoms. The van der Waals surface area contributed by atoms with E-state index in [-0.39, 0.29) is 39.9 Å². The number of amides is 1. The van der Waals surface area contributed by atoms with Gasteiger partial charge in [0, 0.05) is 29.9 Å². The van der Waals surface area contributed by atoms with Crippen molar-refractivity contribution in [2.24, 2.45) is 10.7 Å². The Labute approximate surface area is 190 Å². The number of carbonyl (C=O) groups is 1. The normalized spacial score (nSPS) is 18.9. The van der Waals surface area contributed by atoms with Crippen LogP contribution in [0.4, 0.5) is 17.6 Å². The van der Waals surface area contributed by atoms with Gasteiger partial charge in [0.25, 0.3) is 5.91 Å². The average Bonchev–Trinajstić information content (AvgIpc) is 3.02. The molecule has 0 saturated carbocycles. The first-order valence-electron chi connectivity index (χ1n) is 10.0. The first kappa shape index (κ1) is 21.7. The van der Waals surface area contributed by atoms with Crippen molar-refractivity contribution in [3.8, 4) is 28.4 Å². The molecule has 1 aromatic heterocycles. The fourth-order valence-electron chi connectivity index (χ4n) is 4.06. The van der Waals surface area contributed by atoms with Crippen molar-refractivity contribution in [2.75, 3.05) is 13.7 Å². The number of hydrogen-bond donors (Lipinski definition) is 1.